The topological polar surface area (TPSA) is 36.4 Å². The molecule has 1 fully saturated rings. The normalized spacial score (nSPS) is 14.7. The Kier molecular flexibility index (Phi) is 5.31. The Morgan fingerprint density at radius 1 is 1.19 bits per heavy atom. The van der Waals surface area contributed by atoms with Crippen molar-refractivity contribution in [1.29, 1.82) is 0 Å². The smallest absolute Gasteiger partial charge is 0.254 e. The van der Waals surface area contributed by atoms with Crippen LogP contribution in [-0.4, -0.2) is 47.7 Å². The number of amides is 1. The van der Waals surface area contributed by atoms with Gasteiger partial charge < -0.3 is 9.80 Å². The van der Waals surface area contributed by atoms with E-state index >= 15 is 0 Å². The summed E-state index contributed by atoms with van der Waals surface area (Å²) in [6, 6.07) is 12.5. The first-order valence-corrected chi connectivity index (χ1v) is 10.8. The van der Waals surface area contributed by atoms with Gasteiger partial charge in [0, 0.05) is 36.6 Å². The standard InChI is InChI=1S/C20H20FN3OS2/c1-2-26-16-5-3-4-14(12-16)19(25)23-8-10-24(11-9-23)20-22-17-7-6-15(21)13-18(17)27-20/h3-7,12-13H,2,8-11H2,1H3. The Bertz CT molecular complexity index is 967. The third-order valence-corrected chi connectivity index (χ3v) is 6.52. The van der Waals surface area contributed by atoms with Gasteiger partial charge in [0.05, 0.1) is 10.2 Å². The van der Waals surface area contributed by atoms with Gasteiger partial charge >= 0.3 is 0 Å². The van der Waals surface area contributed by atoms with Gasteiger partial charge in [0.15, 0.2) is 5.13 Å². The summed E-state index contributed by atoms with van der Waals surface area (Å²) in [5, 5.41) is 0.893. The molecule has 0 spiro atoms. The molecule has 1 saturated heterocycles. The fourth-order valence-electron chi connectivity index (χ4n) is 3.19. The highest BCUT2D eigenvalue weighted by molar-refractivity contribution is 7.99. The Labute approximate surface area is 166 Å². The predicted octanol–water partition coefficient (Wildman–Crippen LogP) is 4.51. The van der Waals surface area contributed by atoms with Crippen molar-refractivity contribution in [1.82, 2.24) is 9.88 Å². The number of thiazole rings is 1. The second-order valence-corrected chi connectivity index (χ2v) is 8.70. The predicted molar refractivity (Wildman–Crippen MR) is 111 cm³/mol. The first-order chi connectivity index (χ1) is 13.1. The molecule has 1 aliphatic heterocycles. The van der Waals surface area contributed by atoms with Crippen LogP contribution in [-0.2, 0) is 0 Å². The first kappa shape index (κ1) is 18.3. The molecule has 0 unspecified atom stereocenters. The van der Waals surface area contributed by atoms with Crippen LogP contribution < -0.4 is 4.90 Å². The molecule has 1 aliphatic rings. The van der Waals surface area contributed by atoms with Crippen molar-refractivity contribution in [3.8, 4) is 0 Å². The molecule has 27 heavy (non-hydrogen) atoms. The van der Waals surface area contributed by atoms with E-state index in [1.165, 1.54) is 23.5 Å². The molecule has 4 nitrogen and oxygen atoms in total. The summed E-state index contributed by atoms with van der Waals surface area (Å²) in [6.07, 6.45) is 0. The number of benzene rings is 2. The zero-order chi connectivity index (χ0) is 18.8. The molecule has 1 aromatic heterocycles. The van der Waals surface area contributed by atoms with E-state index in [1.807, 2.05) is 29.2 Å². The highest BCUT2D eigenvalue weighted by atomic mass is 32.2. The number of rotatable bonds is 4. The molecule has 3 aromatic rings. The quantitative estimate of drug-likeness (QED) is 0.603. The monoisotopic (exact) mass is 401 g/mol. The summed E-state index contributed by atoms with van der Waals surface area (Å²) < 4.78 is 14.2. The van der Waals surface area contributed by atoms with E-state index in [0.717, 1.165) is 44.6 Å². The van der Waals surface area contributed by atoms with Gasteiger partial charge in [-0.25, -0.2) is 9.37 Å². The van der Waals surface area contributed by atoms with E-state index in [-0.39, 0.29) is 11.7 Å². The molecule has 1 amide bonds. The SMILES string of the molecule is CCSc1cccc(C(=O)N2CCN(c3nc4ccc(F)cc4s3)CC2)c1. The van der Waals surface area contributed by atoms with Gasteiger partial charge in [0.1, 0.15) is 5.82 Å². The lowest BCUT2D eigenvalue weighted by Crippen LogP contribution is -2.48. The van der Waals surface area contributed by atoms with E-state index in [0.29, 0.717) is 13.1 Å². The third kappa shape index (κ3) is 3.94. The molecule has 2 heterocycles. The number of piperazine rings is 1. The minimum absolute atomic E-state index is 0.0829. The molecular formula is C20H20FN3OS2. The molecule has 0 N–H and O–H groups in total. The highest BCUT2D eigenvalue weighted by Gasteiger charge is 2.24. The number of hydrogen-bond acceptors (Lipinski definition) is 5. The summed E-state index contributed by atoms with van der Waals surface area (Å²) in [5.74, 6) is 0.832. The lowest BCUT2D eigenvalue weighted by Gasteiger charge is -2.34. The average Bonchev–Trinajstić information content (AvgIpc) is 3.11. The lowest BCUT2D eigenvalue weighted by atomic mass is 10.2. The van der Waals surface area contributed by atoms with Crippen molar-refractivity contribution in [2.24, 2.45) is 0 Å². The Morgan fingerprint density at radius 2 is 2.00 bits per heavy atom. The van der Waals surface area contributed by atoms with Gasteiger partial charge in [-0.15, -0.1) is 11.8 Å². The van der Waals surface area contributed by atoms with Crippen molar-refractivity contribution in [2.75, 3.05) is 36.8 Å². The summed E-state index contributed by atoms with van der Waals surface area (Å²) in [6.45, 7) is 4.90. The molecule has 0 bridgehead atoms. The van der Waals surface area contributed by atoms with Crippen LogP contribution in [0.4, 0.5) is 9.52 Å². The lowest BCUT2D eigenvalue weighted by molar-refractivity contribution is 0.0746. The minimum atomic E-state index is -0.239. The Balaban J connectivity index is 1.43. The fraction of sp³-hybridized carbons (Fsp3) is 0.300. The second-order valence-electron chi connectivity index (χ2n) is 6.35. The second kappa shape index (κ2) is 7.86. The van der Waals surface area contributed by atoms with E-state index in [2.05, 4.69) is 16.8 Å². The van der Waals surface area contributed by atoms with Crippen LogP contribution in [0.1, 0.15) is 17.3 Å². The van der Waals surface area contributed by atoms with Crippen LogP contribution in [0.3, 0.4) is 0 Å². The molecule has 0 radical (unpaired) electrons. The number of fused-ring (bicyclic) bond motifs is 1. The Morgan fingerprint density at radius 3 is 2.78 bits per heavy atom. The largest absolute Gasteiger partial charge is 0.345 e. The number of aromatic nitrogens is 1. The zero-order valence-corrected chi connectivity index (χ0v) is 16.7. The van der Waals surface area contributed by atoms with Crippen molar-refractivity contribution in [2.45, 2.75) is 11.8 Å². The summed E-state index contributed by atoms with van der Waals surface area (Å²) in [4.78, 5) is 22.6. The van der Waals surface area contributed by atoms with Gasteiger partial charge in [0.2, 0.25) is 0 Å². The molecule has 140 valence electrons. The van der Waals surface area contributed by atoms with E-state index in [9.17, 15) is 9.18 Å². The van der Waals surface area contributed by atoms with E-state index in [4.69, 9.17) is 0 Å². The number of anilines is 1. The van der Waals surface area contributed by atoms with Crippen LogP contribution in [0, 0.1) is 5.82 Å². The van der Waals surface area contributed by atoms with Crippen molar-refractivity contribution >= 4 is 44.4 Å². The number of carbonyl (C=O) groups is 1. The highest BCUT2D eigenvalue weighted by Crippen LogP contribution is 2.30. The van der Waals surface area contributed by atoms with Crippen molar-refractivity contribution < 1.29 is 9.18 Å². The van der Waals surface area contributed by atoms with E-state index in [1.54, 1.807) is 17.8 Å². The van der Waals surface area contributed by atoms with Crippen molar-refractivity contribution in [3.05, 3.63) is 53.8 Å². The summed E-state index contributed by atoms with van der Waals surface area (Å²) in [7, 11) is 0. The number of nitrogens with zero attached hydrogens (tertiary/aromatic N) is 3. The molecule has 0 atom stereocenters. The molecule has 7 heteroatoms. The zero-order valence-electron chi connectivity index (χ0n) is 15.0. The van der Waals surface area contributed by atoms with Crippen molar-refractivity contribution in [3.63, 3.8) is 0 Å². The maximum absolute atomic E-state index is 13.4. The van der Waals surface area contributed by atoms with Crippen LogP contribution in [0.15, 0.2) is 47.4 Å². The number of carbonyl (C=O) groups excluding carboxylic acids is 1. The van der Waals surface area contributed by atoms with Crippen LogP contribution in [0.2, 0.25) is 0 Å². The number of hydrogen-bond donors (Lipinski definition) is 0. The maximum atomic E-state index is 13.4. The molecular weight excluding hydrogens is 381 g/mol. The Hall–Kier alpha value is -2.12. The maximum Gasteiger partial charge on any atom is 0.254 e. The average molecular weight is 402 g/mol. The van der Waals surface area contributed by atoms with Crippen LogP contribution in [0.25, 0.3) is 10.2 Å². The molecule has 2 aromatic carbocycles. The molecule has 4 rings (SSSR count). The van der Waals surface area contributed by atoms with Gasteiger partial charge in [-0.2, -0.15) is 0 Å². The third-order valence-electron chi connectivity index (χ3n) is 4.57. The number of thioether (sulfide) groups is 1. The van der Waals surface area contributed by atoms with Crippen LogP contribution in [0.5, 0.6) is 0 Å². The van der Waals surface area contributed by atoms with Gasteiger partial charge in [-0.05, 0) is 42.2 Å². The summed E-state index contributed by atoms with van der Waals surface area (Å²) in [5.41, 5.74) is 1.57. The minimum Gasteiger partial charge on any atom is -0.345 e. The van der Waals surface area contributed by atoms with Gasteiger partial charge in [0.25, 0.3) is 5.91 Å². The van der Waals surface area contributed by atoms with Gasteiger partial charge in [-0.3, -0.25) is 4.79 Å². The first-order valence-electron chi connectivity index (χ1n) is 8.97. The van der Waals surface area contributed by atoms with Crippen LogP contribution >= 0.6 is 23.1 Å². The van der Waals surface area contributed by atoms with Gasteiger partial charge in [-0.1, -0.05) is 24.3 Å². The molecule has 0 aliphatic carbocycles. The summed E-state index contributed by atoms with van der Waals surface area (Å²) >= 11 is 3.24. The number of halogens is 1. The fourth-order valence-corrected chi connectivity index (χ4v) is 4.95. The van der Waals surface area contributed by atoms with E-state index < -0.39 is 0 Å². The molecule has 0 saturated carbocycles.